The van der Waals surface area contributed by atoms with Crippen LogP contribution in [0.25, 0.3) is 16.0 Å². The standard InChI is InChI=1S/C36H38N2O7S/c1-6-42-25-10-11-26-30(19-25)46-36(37-26)38-32(22-8-13-28(29(18-22)43-7-2)44-15-14-20(3)4)31(34(40)35(38)41)33(39)23-9-12-27-24(17-23)16-21(5)45-27/h8-13,17-21,32,39H,6-7,14-16H2,1-5H3/b33-31-. The summed E-state index contributed by atoms with van der Waals surface area (Å²) < 4.78 is 24.4. The van der Waals surface area contributed by atoms with E-state index in [1.165, 1.54) is 16.2 Å². The van der Waals surface area contributed by atoms with E-state index >= 15 is 0 Å². The largest absolute Gasteiger partial charge is 0.507 e. The molecular formula is C36H38N2O7S. The summed E-state index contributed by atoms with van der Waals surface area (Å²) in [6, 6.07) is 15.3. The predicted octanol–water partition coefficient (Wildman–Crippen LogP) is 7.47. The van der Waals surface area contributed by atoms with E-state index in [-0.39, 0.29) is 17.4 Å². The number of hydrogen-bond donors (Lipinski definition) is 1. The molecule has 1 N–H and O–H groups in total. The van der Waals surface area contributed by atoms with Crippen LogP contribution in [0.3, 0.4) is 0 Å². The van der Waals surface area contributed by atoms with Crippen LogP contribution in [0.1, 0.15) is 63.8 Å². The molecule has 46 heavy (non-hydrogen) atoms. The highest BCUT2D eigenvalue weighted by Crippen LogP contribution is 2.46. The van der Waals surface area contributed by atoms with Crippen LogP contribution in [0.5, 0.6) is 23.0 Å². The van der Waals surface area contributed by atoms with Gasteiger partial charge in [-0.3, -0.25) is 14.5 Å². The molecule has 0 bridgehead atoms. The smallest absolute Gasteiger partial charge is 0.301 e. The number of rotatable bonds is 11. The van der Waals surface area contributed by atoms with E-state index in [1.54, 1.807) is 24.3 Å². The minimum atomic E-state index is -0.973. The van der Waals surface area contributed by atoms with Gasteiger partial charge in [-0.15, -0.1) is 0 Å². The van der Waals surface area contributed by atoms with Crippen molar-refractivity contribution in [2.24, 2.45) is 5.92 Å². The molecule has 0 saturated carbocycles. The van der Waals surface area contributed by atoms with Crippen molar-refractivity contribution >= 4 is 44.1 Å². The Labute approximate surface area is 272 Å². The van der Waals surface area contributed by atoms with Gasteiger partial charge in [-0.05, 0) is 92.8 Å². The van der Waals surface area contributed by atoms with Gasteiger partial charge in [0.1, 0.15) is 23.4 Å². The number of carbonyl (C=O) groups excluding carboxylic acids is 2. The van der Waals surface area contributed by atoms with Crippen LogP contribution in [0.15, 0.2) is 60.2 Å². The van der Waals surface area contributed by atoms with Crippen LogP contribution in [0.2, 0.25) is 0 Å². The number of thiazole rings is 1. The Morgan fingerprint density at radius 1 is 1.02 bits per heavy atom. The summed E-state index contributed by atoms with van der Waals surface area (Å²) in [7, 11) is 0. The van der Waals surface area contributed by atoms with Crippen LogP contribution in [0, 0.1) is 5.92 Å². The van der Waals surface area contributed by atoms with E-state index in [0.717, 1.165) is 22.4 Å². The van der Waals surface area contributed by atoms with Gasteiger partial charge in [0, 0.05) is 12.0 Å². The molecule has 2 aliphatic heterocycles. The maximum absolute atomic E-state index is 13.9. The third-order valence-corrected chi connectivity index (χ3v) is 9.03. The summed E-state index contributed by atoms with van der Waals surface area (Å²) >= 11 is 1.28. The topological polar surface area (TPSA) is 107 Å². The Hall–Kier alpha value is -4.57. The summed E-state index contributed by atoms with van der Waals surface area (Å²) in [5, 5.41) is 12.1. The van der Waals surface area contributed by atoms with Crippen molar-refractivity contribution in [3.05, 3.63) is 76.9 Å². The molecule has 0 radical (unpaired) electrons. The van der Waals surface area contributed by atoms with Gasteiger partial charge in [-0.1, -0.05) is 31.3 Å². The molecule has 10 heteroatoms. The first-order valence-corrected chi connectivity index (χ1v) is 16.5. The Morgan fingerprint density at radius 3 is 2.59 bits per heavy atom. The molecule has 2 unspecified atom stereocenters. The van der Waals surface area contributed by atoms with Crippen molar-refractivity contribution in [1.29, 1.82) is 0 Å². The number of aliphatic hydroxyl groups excluding tert-OH is 1. The number of ether oxygens (including phenoxy) is 4. The minimum Gasteiger partial charge on any atom is -0.507 e. The lowest BCUT2D eigenvalue weighted by Crippen LogP contribution is -2.29. The summed E-state index contributed by atoms with van der Waals surface area (Å²) in [4.78, 5) is 33.9. The van der Waals surface area contributed by atoms with Crippen LogP contribution in [-0.4, -0.2) is 47.7 Å². The van der Waals surface area contributed by atoms with E-state index in [2.05, 4.69) is 13.8 Å². The van der Waals surface area contributed by atoms with Crippen molar-refractivity contribution in [3.8, 4) is 23.0 Å². The van der Waals surface area contributed by atoms with Gasteiger partial charge in [0.25, 0.3) is 5.78 Å². The van der Waals surface area contributed by atoms with Crippen molar-refractivity contribution in [2.45, 2.75) is 59.6 Å². The first kappa shape index (κ1) is 31.4. The van der Waals surface area contributed by atoms with Crippen molar-refractivity contribution in [1.82, 2.24) is 4.98 Å². The number of aromatic nitrogens is 1. The van der Waals surface area contributed by atoms with E-state index in [0.29, 0.717) is 71.2 Å². The van der Waals surface area contributed by atoms with Gasteiger partial charge >= 0.3 is 5.91 Å². The molecular weight excluding hydrogens is 604 g/mol. The molecule has 3 heterocycles. The van der Waals surface area contributed by atoms with E-state index < -0.39 is 17.7 Å². The molecule has 9 nitrogen and oxygen atoms in total. The molecule has 0 spiro atoms. The lowest BCUT2D eigenvalue weighted by atomic mass is 9.94. The molecule has 2 aliphatic rings. The second-order valence-electron chi connectivity index (χ2n) is 11.9. The van der Waals surface area contributed by atoms with Gasteiger partial charge in [0.15, 0.2) is 16.6 Å². The molecule has 1 amide bonds. The average molecular weight is 643 g/mol. The quantitative estimate of drug-likeness (QED) is 0.102. The fourth-order valence-electron chi connectivity index (χ4n) is 5.81. The highest BCUT2D eigenvalue weighted by atomic mass is 32.1. The molecule has 0 aliphatic carbocycles. The zero-order valence-corrected chi connectivity index (χ0v) is 27.5. The lowest BCUT2D eigenvalue weighted by molar-refractivity contribution is -0.132. The van der Waals surface area contributed by atoms with Crippen molar-refractivity contribution in [2.75, 3.05) is 24.7 Å². The number of anilines is 1. The minimum absolute atomic E-state index is 0.0125. The first-order valence-electron chi connectivity index (χ1n) is 15.7. The maximum Gasteiger partial charge on any atom is 0.301 e. The fraction of sp³-hybridized carbons (Fsp3) is 0.361. The molecule has 1 aromatic heterocycles. The first-order chi connectivity index (χ1) is 22.2. The number of amides is 1. The maximum atomic E-state index is 13.9. The van der Waals surface area contributed by atoms with Gasteiger partial charge < -0.3 is 24.1 Å². The normalized spacial score (nSPS) is 18.7. The van der Waals surface area contributed by atoms with Crippen LogP contribution in [0.4, 0.5) is 5.13 Å². The van der Waals surface area contributed by atoms with Crippen LogP contribution in [-0.2, 0) is 16.0 Å². The Kier molecular flexibility index (Phi) is 8.90. The Bertz CT molecular complexity index is 1830. The van der Waals surface area contributed by atoms with E-state index in [9.17, 15) is 14.7 Å². The predicted molar refractivity (Wildman–Crippen MR) is 178 cm³/mol. The monoisotopic (exact) mass is 642 g/mol. The third-order valence-electron chi connectivity index (χ3n) is 8.02. The SMILES string of the molecule is CCOc1ccc2nc(N3C(=O)C(=O)/C(=C(\O)c4ccc5c(c4)CC(C)O5)C3c3ccc(OCCC(C)C)c(OCC)c3)sc2c1. The molecule has 1 fully saturated rings. The fourth-order valence-corrected chi connectivity index (χ4v) is 6.83. The summed E-state index contributed by atoms with van der Waals surface area (Å²) in [6.45, 7) is 11.5. The highest BCUT2D eigenvalue weighted by molar-refractivity contribution is 7.22. The van der Waals surface area contributed by atoms with E-state index in [4.69, 9.17) is 23.9 Å². The average Bonchev–Trinajstić information content (AvgIpc) is 3.69. The number of hydrogen-bond acceptors (Lipinski definition) is 9. The van der Waals surface area contributed by atoms with Gasteiger partial charge in [-0.2, -0.15) is 0 Å². The van der Waals surface area contributed by atoms with Gasteiger partial charge in [0.05, 0.1) is 41.7 Å². The molecule has 6 rings (SSSR count). The van der Waals surface area contributed by atoms with Crippen molar-refractivity contribution < 1.29 is 33.6 Å². The molecule has 2 atom stereocenters. The lowest BCUT2D eigenvalue weighted by Gasteiger charge is -2.24. The van der Waals surface area contributed by atoms with Gasteiger partial charge in [0.2, 0.25) is 0 Å². The molecule has 240 valence electrons. The van der Waals surface area contributed by atoms with Gasteiger partial charge in [-0.25, -0.2) is 4.98 Å². The third kappa shape index (κ3) is 6.01. The van der Waals surface area contributed by atoms with Crippen molar-refractivity contribution in [3.63, 3.8) is 0 Å². The molecule has 1 saturated heterocycles. The Balaban J connectivity index is 1.49. The number of ketones is 1. The summed E-state index contributed by atoms with van der Waals surface area (Å²) in [6.07, 6.45) is 1.57. The summed E-state index contributed by atoms with van der Waals surface area (Å²) in [5.74, 6) is 1.14. The summed E-state index contributed by atoms with van der Waals surface area (Å²) in [5.41, 5.74) is 2.58. The zero-order chi connectivity index (χ0) is 32.5. The number of benzene rings is 3. The van der Waals surface area contributed by atoms with E-state index in [1.807, 2.05) is 51.1 Å². The second-order valence-corrected chi connectivity index (χ2v) is 12.9. The number of aliphatic hydroxyl groups is 1. The van der Waals surface area contributed by atoms with Crippen LogP contribution < -0.4 is 23.8 Å². The molecule has 3 aromatic carbocycles. The number of fused-ring (bicyclic) bond motifs is 2. The second kappa shape index (κ2) is 13.0. The molecule has 4 aromatic rings. The number of carbonyl (C=O) groups is 2. The Morgan fingerprint density at radius 2 is 1.83 bits per heavy atom. The highest BCUT2D eigenvalue weighted by Gasteiger charge is 2.48. The zero-order valence-electron chi connectivity index (χ0n) is 26.7. The number of Topliss-reactive ketones (excluding diaryl/α,β-unsaturated/α-hetero) is 1. The van der Waals surface area contributed by atoms with Crippen LogP contribution >= 0.6 is 11.3 Å². The number of nitrogens with zero attached hydrogens (tertiary/aromatic N) is 2.